The fourth-order valence-electron chi connectivity index (χ4n) is 2.82. The Balaban J connectivity index is 0.00000176. The van der Waals surface area contributed by atoms with Gasteiger partial charge in [0.1, 0.15) is 5.75 Å². The number of phenolic OH excluding ortho intramolecular Hbond substituents is 3. The lowest BCUT2D eigenvalue weighted by Gasteiger charge is -2.20. The third-order valence-electron chi connectivity index (χ3n) is 3.93. The van der Waals surface area contributed by atoms with Gasteiger partial charge in [0.2, 0.25) is 0 Å². The predicted molar refractivity (Wildman–Crippen MR) is 88.0 cm³/mol. The number of hydrogen-bond donors (Lipinski definition) is 4. The van der Waals surface area contributed by atoms with Gasteiger partial charge in [0.25, 0.3) is 0 Å². The summed E-state index contributed by atoms with van der Waals surface area (Å²) in [6.45, 7) is 1.46. The summed E-state index contributed by atoms with van der Waals surface area (Å²) in [4.78, 5) is 0. The van der Waals surface area contributed by atoms with E-state index in [9.17, 15) is 15.3 Å². The molecule has 0 fully saturated rings. The minimum atomic E-state index is -0.262. The Morgan fingerprint density at radius 1 is 1.09 bits per heavy atom. The van der Waals surface area contributed by atoms with Gasteiger partial charge in [-0.25, -0.2) is 0 Å². The molecule has 3 rings (SSSR count). The van der Waals surface area contributed by atoms with Crippen LogP contribution < -0.4 is 5.32 Å². The molecule has 0 amide bonds. The molecule has 118 valence electrons. The van der Waals surface area contributed by atoms with Crippen LogP contribution >= 0.6 is 11.6 Å². The monoisotopic (exact) mass is 321 g/mol. The number of halogens is 1. The first-order valence-corrected chi connectivity index (χ1v) is 7.18. The Kier molecular flexibility index (Phi) is 4.84. The predicted octanol–water partition coefficient (Wildman–Crippen LogP) is 3.37. The van der Waals surface area contributed by atoms with Gasteiger partial charge < -0.3 is 20.6 Å². The van der Waals surface area contributed by atoms with Crippen LogP contribution in [-0.4, -0.2) is 28.4 Å². The molecular formula is C17H20ClNO3. The van der Waals surface area contributed by atoms with Crippen molar-refractivity contribution in [3.05, 3.63) is 52.0 Å². The molecule has 1 unspecified atom stereocenters. The van der Waals surface area contributed by atoms with Crippen LogP contribution in [0, 0.1) is 0 Å². The summed E-state index contributed by atoms with van der Waals surface area (Å²) >= 11 is 6.19. The number of nitrogens with one attached hydrogen (secondary N) is 1. The summed E-state index contributed by atoms with van der Waals surface area (Å²) in [5.74, 6) is -0.245. The number of rotatable bonds is 1. The van der Waals surface area contributed by atoms with Gasteiger partial charge in [0.15, 0.2) is 11.5 Å². The van der Waals surface area contributed by atoms with Gasteiger partial charge in [-0.1, -0.05) is 31.2 Å². The van der Waals surface area contributed by atoms with E-state index < -0.39 is 0 Å². The van der Waals surface area contributed by atoms with Crippen molar-refractivity contribution in [3.63, 3.8) is 0 Å². The zero-order valence-corrected chi connectivity index (χ0v) is 12.1. The summed E-state index contributed by atoms with van der Waals surface area (Å²) in [7, 11) is 0. The molecule has 1 atom stereocenters. The molecule has 2 aromatic rings. The van der Waals surface area contributed by atoms with E-state index in [0.29, 0.717) is 13.0 Å². The van der Waals surface area contributed by atoms with Crippen LogP contribution in [0.5, 0.6) is 17.2 Å². The Morgan fingerprint density at radius 3 is 2.45 bits per heavy atom. The van der Waals surface area contributed by atoms with E-state index in [0.717, 1.165) is 23.2 Å². The maximum atomic E-state index is 9.86. The van der Waals surface area contributed by atoms with Gasteiger partial charge in [0.05, 0.1) is 5.02 Å². The van der Waals surface area contributed by atoms with Gasteiger partial charge in [-0.05, 0) is 47.9 Å². The molecule has 2 aromatic carbocycles. The third-order valence-corrected chi connectivity index (χ3v) is 4.33. The number of benzene rings is 2. The maximum absolute atomic E-state index is 9.86. The van der Waals surface area contributed by atoms with Crippen molar-refractivity contribution in [2.45, 2.75) is 19.8 Å². The first-order chi connectivity index (χ1) is 10.1. The molecule has 1 aliphatic rings. The van der Waals surface area contributed by atoms with Crippen LogP contribution in [0.4, 0.5) is 0 Å². The number of hydrogen-bond acceptors (Lipinski definition) is 4. The first-order valence-electron chi connectivity index (χ1n) is 6.80. The van der Waals surface area contributed by atoms with Crippen LogP contribution in [0.25, 0.3) is 0 Å². The van der Waals surface area contributed by atoms with Crippen molar-refractivity contribution in [3.8, 4) is 17.2 Å². The molecule has 4 N–H and O–H groups in total. The highest BCUT2D eigenvalue weighted by molar-refractivity contribution is 6.33. The van der Waals surface area contributed by atoms with Crippen LogP contribution in [0.2, 0.25) is 5.02 Å². The largest absolute Gasteiger partial charge is 0.508 e. The van der Waals surface area contributed by atoms with Crippen LogP contribution in [0.15, 0.2) is 30.3 Å². The van der Waals surface area contributed by atoms with E-state index in [1.54, 1.807) is 18.2 Å². The molecule has 0 aliphatic carbocycles. The lowest BCUT2D eigenvalue weighted by Crippen LogP contribution is -2.20. The average Bonchev–Trinajstić information content (AvgIpc) is 2.68. The Labute approximate surface area is 135 Å². The van der Waals surface area contributed by atoms with Crippen molar-refractivity contribution in [2.24, 2.45) is 0 Å². The van der Waals surface area contributed by atoms with E-state index >= 15 is 0 Å². The van der Waals surface area contributed by atoms with E-state index in [-0.39, 0.29) is 35.6 Å². The molecular weight excluding hydrogens is 302 g/mol. The summed E-state index contributed by atoms with van der Waals surface area (Å²) in [6.07, 6.45) is 0.691. The second-order valence-corrected chi connectivity index (χ2v) is 5.60. The number of fused-ring (bicyclic) bond motifs is 1. The fraction of sp³-hybridized carbons (Fsp3) is 0.294. The Hall–Kier alpha value is -1.91. The van der Waals surface area contributed by atoms with Crippen molar-refractivity contribution < 1.29 is 15.3 Å². The fourth-order valence-corrected chi connectivity index (χ4v) is 3.12. The van der Waals surface area contributed by atoms with Gasteiger partial charge in [-0.15, -0.1) is 0 Å². The minimum absolute atomic E-state index is 0. The van der Waals surface area contributed by atoms with Crippen molar-refractivity contribution in [1.82, 2.24) is 5.32 Å². The second-order valence-electron chi connectivity index (χ2n) is 5.22. The van der Waals surface area contributed by atoms with Crippen molar-refractivity contribution >= 4 is 11.6 Å². The summed E-state index contributed by atoms with van der Waals surface area (Å²) in [6, 6.07) is 8.58. The highest BCUT2D eigenvalue weighted by atomic mass is 35.5. The molecule has 0 saturated carbocycles. The molecule has 1 aliphatic heterocycles. The van der Waals surface area contributed by atoms with Crippen molar-refractivity contribution in [1.29, 1.82) is 0 Å². The second kappa shape index (κ2) is 6.46. The molecule has 0 bridgehead atoms. The maximum Gasteiger partial charge on any atom is 0.176 e. The molecule has 5 heteroatoms. The standard InChI is InChI=1S/C16H16ClNO3.CH4/c17-15-11-5-6-18-8-13(9-1-3-10(19)4-2-9)12(11)7-14(20)16(15)21;/h1-4,7,13,18-21H,5-6,8H2;1H4. The van der Waals surface area contributed by atoms with Gasteiger partial charge in [-0.2, -0.15) is 0 Å². The molecule has 0 aromatic heterocycles. The smallest absolute Gasteiger partial charge is 0.176 e. The van der Waals surface area contributed by atoms with Gasteiger partial charge in [0, 0.05) is 12.5 Å². The van der Waals surface area contributed by atoms with Crippen molar-refractivity contribution in [2.75, 3.05) is 13.1 Å². The lowest BCUT2D eigenvalue weighted by molar-refractivity contribution is 0.402. The highest BCUT2D eigenvalue weighted by Gasteiger charge is 2.25. The topological polar surface area (TPSA) is 72.7 Å². The molecule has 0 saturated heterocycles. The van der Waals surface area contributed by atoms with E-state index in [1.807, 2.05) is 12.1 Å². The zero-order valence-electron chi connectivity index (χ0n) is 11.3. The van der Waals surface area contributed by atoms with Crippen LogP contribution in [-0.2, 0) is 6.42 Å². The molecule has 4 nitrogen and oxygen atoms in total. The summed E-state index contributed by atoms with van der Waals surface area (Å²) in [5.41, 5.74) is 2.78. The lowest BCUT2D eigenvalue weighted by atomic mass is 9.87. The minimum Gasteiger partial charge on any atom is -0.508 e. The quantitative estimate of drug-likeness (QED) is 0.608. The Bertz CT molecular complexity index is 671. The average molecular weight is 322 g/mol. The zero-order chi connectivity index (χ0) is 15.0. The van der Waals surface area contributed by atoms with Crippen LogP contribution in [0.3, 0.4) is 0 Å². The number of aromatic hydroxyl groups is 3. The molecule has 0 radical (unpaired) electrons. The van der Waals surface area contributed by atoms with Gasteiger partial charge >= 0.3 is 0 Å². The normalized spacial score (nSPS) is 17.2. The molecule has 0 spiro atoms. The van der Waals surface area contributed by atoms with E-state index in [4.69, 9.17) is 11.6 Å². The first kappa shape index (κ1) is 16.5. The van der Waals surface area contributed by atoms with Crippen LogP contribution in [0.1, 0.15) is 30.0 Å². The summed E-state index contributed by atoms with van der Waals surface area (Å²) < 4.78 is 0. The number of phenols is 3. The van der Waals surface area contributed by atoms with Gasteiger partial charge in [-0.3, -0.25) is 0 Å². The summed E-state index contributed by atoms with van der Waals surface area (Å²) in [5, 5.41) is 32.7. The SMILES string of the molecule is C.Oc1ccc(C2CNCCc3c2cc(O)c(O)c3Cl)cc1. The third kappa shape index (κ3) is 2.85. The van der Waals surface area contributed by atoms with E-state index in [2.05, 4.69) is 5.32 Å². The Morgan fingerprint density at radius 2 is 1.77 bits per heavy atom. The molecule has 1 heterocycles. The highest BCUT2D eigenvalue weighted by Crippen LogP contribution is 2.42. The molecule has 22 heavy (non-hydrogen) atoms. The van der Waals surface area contributed by atoms with E-state index in [1.165, 1.54) is 0 Å².